The van der Waals surface area contributed by atoms with Crippen LogP contribution in [0.1, 0.15) is 16.0 Å². The first-order chi connectivity index (χ1) is 13.3. The standard InChI is InChI=1S/C23H18N2OS/c26-20-13-11-19(12-14-20)22-21(15-17-7-3-1-4-8-17)27-23(25-22)24-16-18-9-5-2-6-10-18/h1-14,16,26H,15H2. The van der Waals surface area contributed by atoms with Crippen molar-refractivity contribution in [1.82, 2.24) is 4.98 Å². The highest BCUT2D eigenvalue weighted by molar-refractivity contribution is 7.15. The molecule has 0 saturated heterocycles. The smallest absolute Gasteiger partial charge is 0.209 e. The molecule has 3 nitrogen and oxygen atoms in total. The Morgan fingerprint density at radius 1 is 0.852 bits per heavy atom. The van der Waals surface area contributed by atoms with Gasteiger partial charge in [-0.1, -0.05) is 72.0 Å². The molecule has 4 aromatic rings. The zero-order chi connectivity index (χ0) is 18.5. The first-order valence-electron chi connectivity index (χ1n) is 8.70. The van der Waals surface area contributed by atoms with Gasteiger partial charge in [0.05, 0.1) is 5.69 Å². The topological polar surface area (TPSA) is 45.5 Å². The summed E-state index contributed by atoms with van der Waals surface area (Å²) >= 11 is 1.60. The monoisotopic (exact) mass is 370 g/mol. The molecule has 1 heterocycles. The fraction of sp³-hybridized carbons (Fsp3) is 0.0435. The number of benzene rings is 3. The van der Waals surface area contributed by atoms with E-state index in [-0.39, 0.29) is 5.75 Å². The summed E-state index contributed by atoms with van der Waals surface area (Å²) in [6, 6.07) is 27.5. The normalized spacial score (nSPS) is 11.1. The van der Waals surface area contributed by atoms with Crippen molar-refractivity contribution in [3.63, 3.8) is 0 Å². The van der Waals surface area contributed by atoms with Gasteiger partial charge in [0, 0.05) is 23.1 Å². The minimum absolute atomic E-state index is 0.251. The van der Waals surface area contributed by atoms with Crippen LogP contribution in [-0.2, 0) is 6.42 Å². The second-order valence-electron chi connectivity index (χ2n) is 6.15. The molecule has 0 bridgehead atoms. The quantitative estimate of drug-likeness (QED) is 0.447. The zero-order valence-corrected chi connectivity index (χ0v) is 15.4. The molecule has 0 saturated carbocycles. The van der Waals surface area contributed by atoms with Gasteiger partial charge in [-0.3, -0.25) is 0 Å². The van der Waals surface area contributed by atoms with Crippen LogP contribution >= 0.6 is 11.3 Å². The largest absolute Gasteiger partial charge is 0.508 e. The first kappa shape index (κ1) is 17.2. The van der Waals surface area contributed by atoms with E-state index in [0.717, 1.165) is 33.3 Å². The van der Waals surface area contributed by atoms with Crippen LogP contribution in [0.25, 0.3) is 11.3 Å². The van der Waals surface area contributed by atoms with Crippen LogP contribution in [0.5, 0.6) is 5.75 Å². The lowest BCUT2D eigenvalue weighted by Crippen LogP contribution is -1.88. The summed E-state index contributed by atoms with van der Waals surface area (Å²) in [5.74, 6) is 0.251. The average Bonchev–Trinajstić information content (AvgIpc) is 3.11. The third-order valence-electron chi connectivity index (χ3n) is 4.16. The van der Waals surface area contributed by atoms with Crippen LogP contribution in [0.4, 0.5) is 5.13 Å². The zero-order valence-electron chi connectivity index (χ0n) is 14.6. The van der Waals surface area contributed by atoms with E-state index in [1.165, 1.54) is 5.56 Å². The van der Waals surface area contributed by atoms with Gasteiger partial charge in [-0.25, -0.2) is 9.98 Å². The second kappa shape index (κ2) is 7.98. The number of nitrogens with zero attached hydrogens (tertiary/aromatic N) is 2. The van der Waals surface area contributed by atoms with E-state index < -0.39 is 0 Å². The molecule has 27 heavy (non-hydrogen) atoms. The molecule has 0 radical (unpaired) electrons. The van der Waals surface area contributed by atoms with Crippen molar-refractivity contribution in [2.45, 2.75) is 6.42 Å². The molecule has 0 atom stereocenters. The Morgan fingerprint density at radius 3 is 2.22 bits per heavy atom. The average molecular weight is 370 g/mol. The summed E-state index contributed by atoms with van der Waals surface area (Å²) in [5.41, 5.74) is 4.18. The van der Waals surface area contributed by atoms with Gasteiger partial charge in [0.25, 0.3) is 0 Å². The summed E-state index contributed by atoms with van der Waals surface area (Å²) in [7, 11) is 0. The summed E-state index contributed by atoms with van der Waals surface area (Å²) in [5, 5.41) is 10.3. The number of aromatic hydroxyl groups is 1. The van der Waals surface area contributed by atoms with E-state index in [4.69, 9.17) is 4.98 Å². The molecule has 132 valence electrons. The molecule has 0 fully saturated rings. The Labute approximate surface area is 162 Å². The Balaban J connectivity index is 1.70. The number of thiazole rings is 1. The Bertz CT molecular complexity index is 1040. The number of aliphatic imine (C=N–C) groups is 1. The summed E-state index contributed by atoms with van der Waals surface area (Å²) in [6.45, 7) is 0. The third-order valence-corrected chi connectivity index (χ3v) is 5.12. The fourth-order valence-electron chi connectivity index (χ4n) is 2.81. The predicted octanol–water partition coefficient (Wildman–Crippen LogP) is 5.86. The molecule has 0 unspecified atom stereocenters. The molecular formula is C23H18N2OS. The molecular weight excluding hydrogens is 352 g/mol. The van der Waals surface area contributed by atoms with Gasteiger partial charge in [-0.05, 0) is 35.4 Å². The lowest BCUT2D eigenvalue weighted by atomic mass is 10.1. The molecule has 0 aliphatic heterocycles. The van der Waals surface area contributed by atoms with Gasteiger partial charge in [-0.2, -0.15) is 0 Å². The summed E-state index contributed by atoms with van der Waals surface area (Å²) in [6.07, 6.45) is 2.64. The van der Waals surface area contributed by atoms with Crippen molar-refractivity contribution in [2.24, 2.45) is 4.99 Å². The molecule has 4 heteroatoms. The minimum atomic E-state index is 0.251. The van der Waals surface area contributed by atoms with Gasteiger partial charge >= 0.3 is 0 Å². The Morgan fingerprint density at radius 2 is 1.52 bits per heavy atom. The van der Waals surface area contributed by atoms with E-state index in [1.807, 2.05) is 66.9 Å². The highest BCUT2D eigenvalue weighted by atomic mass is 32.1. The molecule has 1 aromatic heterocycles. The maximum atomic E-state index is 9.58. The van der Waals surface area contributed by atoms with Crippen molar-refractivity contribution >= 4 is 22.7 Å². The molecule has 0 amide bonds. The lowest BCUT2D eigenvalue weighted by molar-refractivity contribution is 0.475. The molecule has 0 spiro atoms. The summed E-state index contributed by atoms with van der Waals surface area (Å²) in [4.78, 5) is 10.5. The van der Waals surface area contributed by atoms with Gasteiger partial charge in [-0.15, -0.1) is 0 Å². The summed E-state index contributed by atoms with van der Waals surface area (Å²) < 4.78 is 0. The number of hydrogen-bond donors (Lipinski definition) is 1. The Kier molecular flexibility index (Phi) is 5.08. The van der Waals surface area contributed by atoms with Crippen LogP contribution in [0.2, 0.25) is 0 Å². The van der Waals surface area contributed by atoms with Crippen LogP contribution in [0.3, 0.4) is 0 Å². The van der Waals surface area contributed by atoms with Gasteiger partial charge in [0.15, 0.2) is 0 Å². The fourth-order valence-corrected chi connectivity index (χ4v) is 3.77. The minimum Gasteiger partial charge on any atom is -0.508 e. The number of phenols is 1. The number of aromatic nitrogens is 1. The highest BCUT2D eigenvalue weighted by Gasteiger charge is 2.13. The molecule has 0 aliphatic rings. The van der Waals surface area contributed by atoms with Gasteiger partial charge in [0.2, 0.25) is 5.13 Å². The van der Waals surface area contributed by atoms with Crippen LogP contribution in [0.15, 0.2) is 89.9 Å². The van der Waals surface area contributed by atoms with Crippen molar-refractivity contribution in [2.75, 3.05) is 0 Å². The van der Waals surface area contributed by atoms with Gasteiger partial charge in [0.1, 0.15) is 5.75 Å². The predicted molar refractivity (Wildman–Crippen MR) is 112 cm³/mol. The van der Waals surface area contributed by atoms with Crippen molar-refractivity contribution in [3.05, 3.63) is 101 Å². The van der Waals surface area contributed by atoms with E-state index in [9.17, 15) is 5.11 Å². The van der Waals surface area contributed by atoms with Gasteiger partial charge < -0.3 is 5.11 Å². The van der Waals surface area contributed by atoms with E-state index in [2.05, 4.69) is 17.1 Å². The molecule has 3 aromatic carbocycles. The van der Waals surface area contributed by atoms with Crippen molar-refractivity contribution in [3.8, 4) is 17.0 Å². The molecule has 1 N–H and O–H groups in total. The SMILES string of the molecule is Oc1ccc(-c2nc(N=Cc3ccccc3)sc2Cc2ccccc2)cc1. The number of hydrogen-bond acceptors (Lipinski definition) is 4. The number of rotatable bonds is 5. The Hall–Kier alpha value is -3.24. The molecule has 4 rings (SSSR count). The van der Waals surface area contributed by atoms with E-state index in [1.54, 1.807) is 23.5 Å². The van der Waals surface area contributed by atoms with E-state index >= 15 is 0 Å². The van der Waals surface area contributed by atoms with Crippen molar-refractivity contribution < 1.29 is 5.11 Å². The van der Waals surface area contributed by atoms with E-state index in [0.29, 0.717) is 0 Å². The first-order valence-corrected chi connectivity index (χ1v) is 9.52. The van der Waals surface area contributed by atoms with Crippen LogP contribution < -0.4 is 0 Å². The second-order valence-corrected chi connectivity index (χ2v) is 7.21. The molecule has 0 aliphatic carbocycles. The van der Waals surface area contributed by atoms with Crippen LogP contribution in [0, 0.1) is 0 Å². The van der Waals surface area contributed by atoms with Crippen LogP contribution in [-0.4, -0.2) is 16.3 Å². The highest BCUT2D eigenvalue weighted by Crippen LogP contribution is 2.34. The lowest BCUT2D eigenvalue weighted by Gasteiger charge is -2.03. The maximum absolute atomic E-state index is 9.58. The third kappa shape index (κ3) is 4.30. The van der Waals surface area contributed by atoms with Crippen molar-refractivity contribution in [1.29, 1.82) is 0 Å². The number of phenolic OH excluding ortho intramolecular Hbond substituents is 1. The maximum Gasteiger partial charge on any atom is 0.209 e.